The maximum Gasteiger partial charge on any atom is 0.134 e. The lowest BCUT2D eigenvalue weighted by molar-refractivity contribution is 0.181. The molecule has 1 aromatic rings. The molecule has 0 amide bonds. The Morgan fingerprint density at radius 1 is 1.36 bits per heavy atom. The third-order valence-electron chi connectivity index (χ3n) is 1.96. The van der Waals surface area contributed by atoms with Crippen molar-refractivity contribution < 1.29 is 13.5 Å². The van der Waals surface area contributed by atoms with Gasteiger partial charge in [-0.1, -0.05) is 6.07 Å². The third-order valence-corrected chi connectivity index (χ3v) is 1.96. The smallest absolute Gasteiger partial charge is 0.134 e. The minimum Gasteiger partial charge on any atom is -0.380 e. The third kappa shape index (κ3) is 2.27. The van der Waals surface area contributed by atoms with Crippen molar-refractivity contribution in [1.82, 2.24) is 0 Å². The second-order valence-corrected chi connectivity index (χ2v) is 2.97. The Morgan fingerprint density at radius 2 is 2.07 bits per heavy atom. The number of methoxy groups -OCH3 is 1. The van der Waals surface area contributed by atoms with Crippen LogP contribution in [0.15, 0.2) is 12.1 Å². The second kappa shape index (κ2) is 5.02. The van der Waals surface area contributed by atoms with Gasteiger partial charge < -0.3 is 10.5 Å². The van der Waals surface area contributed by atoms with Gasteiger partial charge in [-0.05, 0) is 19.0 Å². The molecule has 0 bridgehead atoms. The predicted molar refractivity (Wildman–Crippen MR) is 49.8 cm³/mol. The summed E-state index contributed by atoms with van der Waals surface area (Å²) in [5.41, 5.74) is 5.66. The maximum atomic E-state index is 13.5. The molecular weight excluding hydrogens is 188 g/mol. The average Bonchev–Trinajstić information content (AvgIpc) is 2.17. The molecule has 0 atom stereocenters. The van der Waals surface area contributed by atoms with E-state index in [9.17, 15) is 8.78 Å². The SMILES string of the molecule is COCc1ccc(F)c(CCN)c1F. The van der Waals surface area contributed by atoms with Crippen molar-refractivity contribution in [2.75, 3.05) is 13.7 Å². The zero-order chi connectivity index (χ0) is 10.6. The van der Waals surface area contributed by atoms with Gasteiger partial charge >= 0.3 is 0 Å². The normalized spacial score (nSPS) is 10.6. The molecule has 0 spiro atoms. The zero-order valence-corrected chi connectivity index (χ0v) is 8.02. The van der Waals surface area contributed by atoms with Crippen molar-refractivity contribution in [1.29, 1.82) is 0 Å². The second-order valence-electron chi connectivity index (χ2n) is 2.97. The summed E-state index contributed by atoms with van der Waals surface area (Å²) in [6.45, 7) is 0.369. The van der Waals surface area contributed by atoms with Gasteiger partial charge in [0.1, 0.15) is 11.6 Å². The fraction of sp³-hybridized carbons (Fsp3) is 0.400. The molecule has 0 aliphatic rings. The first-order valence-electron chi connectivity index (χ1n) is 4.35. The number of rotatable bonds is 4. The molecule has 0 fully saturated rings. The molecule has 2 N–H and O–H groups in total. The number of benzene rings is 1. The molecule has 0 unspecified atom stereocenters. The molecule has 0 heterocycles. The Labute approximate surface area is 81.7 Å². The highest BCUT2D eigenvalue weighted by atomic mass is 19.1. The molecule has 0 radical (unpaired) electrons. The molecular formula is C10H13F2NO. The summed E-state index contributed by atoms with van der Waals surface area (Å²) in [6, 6.07) is 2.62. The molecule has 78 valence electrons. The molecule has 0 aliphatic carbocycles. The van der Waals surface area contributed by atoms with E-state index in [2.05, 4.69) is 0 Å². The highest BCUT2D eigenvalue weighted by molar-refractivity contribution is 5.27. The number of hydrogen-bond acceptors (Lipinski definition) is 2. The minimum atomic E-state index is -0.548. The van der Waals surface area contributed by atoms with E-state index in [0.29, 0.717) is 5.56 Å². The minimum absolute atomic E-state index is 0.0436. The van der Waals surface area contributed by atoms with Gasteiger partial charge in [0.05, 0.1) is 6.61 Å². The predicted octanol–water partition coefficient (Wildman–Crippen LogP) is 1.61. The summed E-state index contributed by atoms with van der Waals surface area (Å²) in [5, 5.41) is 0. The van der Waals surface area contributed by atoms with Crippen LogP contribution in [-0.4, -0.2) is 13.7 Å². The van der Waals surface area contributed by atoms with Crippen molar-refractivity contribution >= 4 is 0 Å². The summed E-state index contributed by atoms with van der Waals surface area (Å²) in [4.78, 5) is 0. The maximum absolute atomic E-state index is 13.5. The summed E-state index contributed by atoms with van der Waals surface area (Å²) >= 11 is 0. The molecule has 0 aromatic heterocycles. The molecule has 0 saturated heterocycles. The van der Waals surface area contributed by atoms with Crippen LogP contribution in [0.4, 0.5) is 8.78 Å². The van der Waals surface area contributed by atoms with Gasteiger partial charge in [0, 0.05) is 18.2 Å². The monoisotopic (exact) mass is 201 g/mol. The van der Waals surface area contributed by atoms with E-state index in [1.807, 2.05) is 0 Å². The van der Waals surface area contributed by atoms with Gasteiger partial charge in [-0.25, -0.2) is 8.78 Å². The van der Waals surface area contributed by atoms with E-state index in [-0.39, 0.29) is 25.1 Å². The Morgan fingerprint density at radius 3 is 2.64 bits per heavy atom. The lowest BCUT2D eigenvalue weighted by Crippen LogP contribution is -2.08. The number of ether oxygens (including phenoxy) is 1. The van der Waals surface area contributed by atoms with Crippen LogP contribution < -0.4 is 5.73 Å². The summed E-state index contributed by atoms with van der Waals surface area (Å²) in [5.74, 6) is -1.09. The fourth-order valence-electron chi connectivity index (χ4n) is 1.29. The first-order chi connectivity index (χ1) is 6.70. The quantitative estimate of drug-likeness (QED) is 0.803. The van der Waals surface area contributed by atoms with E-state index in [1.54, 1.807) is 0 Å². The Balaban J connectivity index is 3.05. The molecule has 1 aromatic carbocycles. The van der Waals surface area contributed by atoms with Crippen molar-refractivity contribution in [3.05, 3.63) is 34.9 Å². The van der Waals surface area contributed by atoms with Crippen molar-refractivity contribution in [3.8, 4) is 0 Å². The van der Waals surface area contributed by atoms with Crippen LogP contribution in [-0.2, 0) is 17.8 Å². The first kappa shape index (κ1) is 11.1. The van der Waals surface area contributed by atoms with Gasteiger partial charge in [0.2, 0.25) is 0 Å². The van der Waals surface area contributed by atoms with Gasteiger partial charge in [-0.2, -0.15) is 0 Å². The van der Waals surface area contributed by atoms with Gasteiger partial charge in [-0.3, -0.25) is 0 Å². The van der Waals surface area contributed by atoms with Crippen LogP contribution in [0.2, 0.25) is 0 Å². The summed E-state index contributed by atoms with van der Waals surface area (Å²) in [7, 11) is 1.46. The Kier molecular flexibility index (Phi) is 3.98. The molecule has 14 heavy (non-hydrogen) atoms. The largest absolute Gasteiger partial charge is 0.380 e. The van der Waals surface area contributed by atoms with Crippen LogP contribution in [0.1, 0.15) is 11.1 Å². The average molecular weight is 201 g/mol. The van der Waals surface area contributed by atoms with Crippen LogP contribution in [0.5, 0.6) is 0 Å². The van der Waals surface area contributed by atoms with Crippen LogP contribution in [0.25, 0.3) is 0 Å². The lowest BCUT2D eigenvalue weighted by atomic mass is 10.1. The van der Waals surface area contributed by atoms with Gasteiger partial charge in [-0.15, -0.1) is 0 Å². The molecule has 2 nitrogen and oxygen atoms in total. The van der Waals surface area contributed by atoms with Gasteiger partial charge in [0.25, 0.3) is 0 Å². The molecule has 0 aliphatic heterocycles. The topological polar surface area (TPSA) is 35.2 Å². The van der Waals surface area contributed by atoms with Crippen LogP contribution >= 0.6 is 0 Å². The lowest BCUT2D eigenvalue weighted by Gasteiger charge is -2.07. The zero-order valence-electron chi connectivity index (χ0n) is 8.02. The van der Waals surface area contributed by atoms with E-state index in [1.165, 1.54) is 19.2 Å². The number of nitrogens with two attached hydrogens (primary N) is 1. The number of halogens is 2. The van der Waals surface area contributed by atoms with Crippen molar-refractivity contribution in [3.63, 3.8) is 0 Å². The Bertz CT molecular complexity index is 315. The van der Waals surface area contributed by atoms with Crippen molar-refractivity contribution in [2.24, 2.45) is 5.73 Å². The highest BCUT2D eigenvalue weighted by Crippen LogP contribution is 2.17. The first-order valence-corrected chi connectivity index (χ1v) is 4.35. The highest BCUT2D eigenvalue weighted by Gasteiger charge is 2.12. The van der Waals surface area contributed by atoms with E-state index in [0.717, 1.165) is 0 Å². The van der Waals surface area contributed by atoms with E-state index in [4.69, 9.17) is 10.5 Å². The molecule has 1 rings (SSSR count). The van der Waals surface area contributed by atoms with Crippen LogP contribution in [0.3, 0.4) is 0 Å². The molecule has 4 heteroatoms. The van der Waals surface area contributed by atoms with Crippen LogP contribution in [0, 0.1) is 11.6 Å². The van der Waals surface area contributed by atoms with E-state index < -0.39 is 11.6 Å². The van der Waals surface area contributed by atoms with Crippen molar-refractivity contribution in [2.45, 2.75) is 13.0 Å². The van der Waals surface area contributed by atoms with Gasteiger partial charge in [0.15, 0.2) is 0 Å². The standard InChI is InChI=1S/C10H13F2NO/c1-14-6-7-2-3-9(11)8(4-5-13)10(7)12/h2-3H,4-6,13H2,1H3. The van der Waals surface area contributed by atoms with E-state index >= 15 is 0 Å². The molecule has 0 saturated carbocycles. The fourth-order valence-corrected chi connectivity index (χ4v) is 1.29. The Hall–Kier alpha value is -1.00. The summed E-state index contributed by atoms with van der Waals surface area (Å²) < 4.78 is 31.4. The summed E-state index contributed by atoms with van der Waals surface area (Å²) in [6.07, 6.45) is 0.204. The number of hydrogen-bond donors (Lipinski definition) is 1.